The molecule has 1 aliphatic carbocycles. The molecule has 0 radical (unpaired) electrons. The standard InChI is InChI=1S/C52H59N3O14/c1-34(56)41(31-40(47(57)62-2)28-29-54-55-53)66-52-46(69-50(60)39-26-16-7-17-27-39)45(65-42(30-35-18-8-3-9-19-35)51(61)63-32-36-20-10-4-11-21-36)44(68-49(59)38-24-14-6-15-25-38)43(67-52)33-64-48(58)37-22-12-5-13-23-37/h4-7,10-17,20-27,34-35,40-46,52,56H,3,8-9,18-19,28-33H2,1-2H3/t34?,40?,41?,42-,43?,44?,45?,46?,52?/m0/s1. The zero-order chi connectivity index (χ0) is 49.0. The van der Waals surface area contributed by atoms with Crippen molar-refractivity contribution in [2.24, 2.45) is 17.0 Å². The van der Waals surface area contributed by atoms with Crippen LogP contribution in [0, 0.1) is 11.8 Å². The zero-order valence-corrected chi connectivity index (χ0v) is 38.7. The molecule has 69 heavy (non-hydrogen) atoms. The molecule has 6 rings (SSSR count). The summed E-state index contributed by atoms with van der Waals surface area (Å²) in [6.45, 7) is 0.669. The Morgan fingerprint density at radius 2 is 1.26 bits per heavy atom. The van der Waals surface area contributed by atoms with Crippen molar-refractivity contribution in [3.8, 4) is 0 Å². The molecule has 2 fully saturated rings. The van der Waals surface area contributed by atoms with E-state index in [1.54, 1.807) is 66.7 Å². The van der Waals surface area contributed by atoms with E-state index in [4.69, 9.17) is 43.4 Å². The number of azide groups is 1. The minimum atomic E-state index is -1.72. The molecule has 366 valence electrons. The van der Waals surface area contributed by atoms with Gasteiger partial charge in [-0.15, -0.1) is 0 Å². The Morgan fingerprint density at radius 3 is 1.81 bits per heavy atom. The summed E-state index contributed by atoms with van der Waals surface area (Å²) in [6, 6.07) is 33.3. The van der Waals surface area contributed by atoms with Crippen molar-refractivity contribution in [3.63, 3.8) is 0 Å². The summed E-state index contributed by atoms with van der Waals surface area (Å²) in [6.07, 6.45) is -7.46. The van der Waals surface area contributed by atoms with Gasteiger partial charge >= 0.3 is 29.8 Å². The van der Waals surface area contributed by atoms with Crippen LogP contribution in [0.2, 0.25) is 0 Å². The molecular formula is C52H59N3O14. The number of methoxy groups -OCH3 is 1. The second-order valence-corrected chi connectivity index (χ2v) is 17.0. The topological polar surface area (TPSA) is 228 Å². The quantitative estimate of drug-likeness (QED) is 0.0243. The number of ether oxygens (including phenoxy) is 8. The smallest absolute Gasteiger partial charge is 0.338 e. The van der Waals surface area contributed by atoms with E-state index >= 15 is 0 Å². The van der Waals surface area contributed by atoms with Crippen molar-refractivity contribution < 1.29 is 67.0 Å². The monoisotopic (exact) mass is 949 g/mol. The molecule has 17 nitrogen and oxygen atoms in total. The summed E-state index contributed by atoms with van der Waals surface area (Å²) < 4.78 is 49.5. The van der Waals surface area contributed by atoms with Crippen LogP contribution in [0.3, 0.4) is 0 Å². The van der Waals surface area contributed by atoms with Gasteiger partial charge in [0.25, 0.3) is 0 Å². The maximum Gasteiger partial charge on any atom is 0.338 e. The summed E-state index contributed by atoms with van der Waals surface area (Å²) in [5.74, 6) is -4.80. The Bertz CT molecular complexity index is 2290. The van der Waals surface area contributed by atoms with Crippen LogP contribution < -0.4 is 0 Å². The van der Waals surface area contributed by atoms with E-state index in [0.29, 0.717) is 0 Å². The summed E-state index contributed by atoms with van der Waals surface area (Å²) >= 11 is 0. The van der Waals surface area contributed by atoms with Crippen LogP contribution in [0.15, 0.2) is 126 Å². The lowest BCUT2D eigenvalue weighted by atomic mass is 9.85. The molecule has 1 aliphatic heterocycles. The number of benzene rings is 4. The largest absolute Gasteiger partial charge is 0.469 e. The lowest BCUT2D eigenvalue weighted by Gasteiger charge is -2.46. The molecule has 4 aromatic carbocycles. The molecule has 4 aromatic rings. The molecule has 2 aliphatic rings. The number of rotatable bonds is 23. The van der Waals surface area contributed by atoms with Gasteiger partial charge in [-0.25, -0.2) is 19.2 Å². The van der Waals surface area contributed by atoms with E-state index < -0.39 is 91.4 Å². The summed E-state index contributed by atoms with van der Waals surface area (Å²) in [5.41, 5.74) is 10.1. The Hall–Kier alpha value is -6.62. The first-order valence-electron chi connectivity index (χ1n) is 23.2. The van der Waals surface area contributed by atoms with E-state index in [1.165, 1.54) is 38.3 Å². The van der Waals surface area contributed by atoms with Crippen LogP contribution in [-0.2, 0) is 54.1 Å². The first-order valence-corrected chi connectivity index (χ1v) is 23.2. The van der Waals surface area contributed by atoms with E-state index in [0.717, 1.165) is 37.7 Å². The highest BCUT2D eigenvalue weighted by atomic mass is 16.7. The lowest BCUT2D eigenvalue weighted by molar-refractivity contribution is -0.325. The number of aliphatic hydroxyl groups excluding tert-OH is 1. The van der Waals surface area contributed by atoms with E-state index in [-0.39, 0.29) is 55.0 Å². The van der Waals surface area contributed by atoms with E-state index in [1.807, 2.05) is 30.3 Å². The van der Waals surface area contributed by atoms with Crippen molar-refractivity contribution in [2.75, 3.05) is 20.3 Å². The van der Waals surface area contributed by atoms with Gasteiger partial charge in [0, 0.05) is 11.5 Å². The van der Waals surface area contributed by atoms with Crippen molar-refractivity contribution in [1.29, 1.82) is 0 Å². The van der Waals surface area contributed by atoms with Crippen LogP contribution in [0.5, 0.6) is 0 Å². The Kier molecular flexibility index (Phi) is 20.1. The fourth-order valence-corrected chi connectivity index (χ4v) is 8.41. The second-order valence-electron chi connectivity index (χ2n) is 17.0. The molecule has 0 aromatic heterocycles. The van der Waals surface area contributed by atoms with Gasteiger partial charge in [0.05, 0.1) is 41.9 Å². The van der Waals surface area contributed by atoms with Gasteiger partial charge in [-0.2, -0.15) is 0 Å². The maximum absolute atomic E-state index is 14.5. The Balaban J connectivity index is 1.47. The third kappa shape index (κ3) is 15.4. The van der Waals surface area contributed by atoms with Crippen molar-refractivity contribution >= 4 is 29.8 Å². The van der Waals surface area contributed by atoms with Crippen LogP contribution in [0.4, 0.5) is 0 Å². The van der Waals surface area contributed by atoms with Gasteiger partial charge < -0.3 is 43.0 Å². The molecule has 1 saturated heterocycles. The molecule has 1 N–H and O–H groups in total. The predicted octanol–water partition coefficient (Wildman–Crippen LogP) is 8.13. The highest BCUT2D eigenvalue weighted by Gasteiger charge is 2.54. The fraction of sp³-hybridized carbons (Fsp3) is 0.442. The van der Waals surface area contributed by atoms with E-state index in [2.05, 4.69) is 10.0 Å². The first-order chi connectivity index (χ1) is 33.5. The van der Waals surface area contributed by atoms with Crippen LogP contribution in [0.25, 0.3) is 10.4 Å². The minimum absolute atomic E-state index is 0.0243. The fourth-order valence-electron chi connectivity index (χ4n) is 8.41. The zero-order valence-electron chi connectivity index (χ0n) is 38.7. The minimum Gasteiger partial charge on any atom is -0.469 e. The predicted molar refractivity (Wildman–Crippen MR) is 248 cm³/mol. The number of carbonyl (C=O) groups is 5. The van der Waals surface area contributed by atoms with Gasteiger partial charge in [0.15, 0.2) is 24.6 Å². The molecule has 0 amide bonds. The molecular weight excluding hydrogens is 891 g/mol. The summed E-state index contributed by atoms with van der Waals surface area (Å²) in [5, 5.41) is 14.9. The van der Waals surface area contributed by atoms with Crippen LogP contribution in [0.1, 0.15) is 94.9 Å². The molecule has 0 spiro atoms. The van der Waals surface area contributed by atoms with Crippen LogP contribution >= 0.6 is 0 Å². The third-order valence-electron chi connectivity index (χ3n) is 12.1. The summed E-state index contributed by atoms with van der Waals surface area (Å²) in [4.78, 5) is 72.4. The lowest BCUT2D eigenvalue weighted by Crippen LogP contribution is -2.64. The van der Waals surface area contributed by atoms with Gasteiger partial charge in [-0.1, -0.05) is 122 Å². The average molecular weight is 950 g/mol. The SMILES string of the molecule is COC(=O)C(CCN=[N+]=[N-])CC(OC1OC(COC(=O)c2ccccc2)C(OC(=O)c2ccccc2)C(O[C@@H](CC2CCCCC2)C(=O)OCc2ccccc2)C1OC(=O)c1ccccc1)C(C)O. The van der Waals surface area contributed by atoms with Gasteiger partial charge in [0.1, 0.15) is 25.4 Å². The average Bonchev–Trinajstić information content (AvgIpc) is 3.38. The maximum atomic E-state index is 14.5. The molecule has 1 heterocycles. The summed E-state index contributed by atoms with van der Waals surface area (Å²) in [7, 11) is 1.19. The molecule has 17 heteroatoms. The van der Waals surface area contributed by atoms with Crippen LogP contribution in [-0.4, -0.2) is 104 Å². The van der Waals surface area contributed by atoms with E-state index in [9.17, 15) is 29.1 Å². The number of esters is 5. The van der Waals surface area contributed by atoms with Crippen molar-refractivity contribution in [1.82, 2.24) is 0 Å². The van der Waals surface area contributed by atoms with Gasteiger partial charge in [-0.3, -0.25) is 4.79 Å². The second kappa shape index (κ2) is 26.8. The number of nitrogens with zero attached hydrogens (tertiary/aromatic N) is 3. The third-order valence-corrected chi connectivity index (χ3v) is 12.1. The number of carbonyl (C=O) groups excluding carboxylic acids is 5. The van der Waals surface area contributed by atoms with Gasteiger partial charge in [-0.05, 0) is 79.6 Å². The first kappa shape index (κ1) is 51.8. The molecule has 9 atom stereocenters. The Labute approximate surface area is 400 Å². The van der Waals surface area contributed by atoms with Gasteiger partial charge in [0.2, 0.25) is 0 Å². The van der Waals surface area contributed by atoms with Crippen molar-refractivity contribution in [3.05, 3.63) is 154 Å². The molecule has 0 bridgehead atoms. The van der Waals surface area contributed by atoms with Crippen molar-refractivity contribution in [2.45, 2.75) is 114 Å². The molecule has 8 unspecified atom stereocenters. The highest BCUT2D eigenvalue weighted by molar-refractivity contribution is 5.90. The number of aliphatic hydroxyl groups is 1. The number of hydrogen-bond acceptors (Lipinski definition) is 15. The molecule has 1 saturated carbocycles. The highest BCUT2D eigenvalue weighted by Crippen LogP contribution is 2.36. The number of hydrogen-bond donors (Lipinski definition) is 1. The normalized spacial score (nSPS) is 20.9. The Morgan fingerprint density at radius 1 is 0.710 bits per heavy atom.